The molecule has 2 aromatic rings. The number of halogens is 1. The van der Waals surface area contributed by atoms with Gasteiger partial charge in [0, 0.05) is 11.5 Å². The van der Waals surface area contributed by atoms with Crippen LogP contribution in [0.15, 0.2) is 41.0 Å². The maximum atomic E-state index is 12.1. The molecule has 100 valence electrons. The Morgan fingerprint density at radius 3 is 2.75 bits per heavy atom. The fraction of sp³-hybridized carbons (Fsp3) is 0.0714. The van der Waals surface area contributed by atoms with E-state index < -0.39 is 0 Å². The number of hydrogen-bond acceptors (Lipinski definition) is 4. The molecule has 2 N–H and O–H groups in total. The van der Waals surface area contributed by atoms with Crippen LogP contribution in [0.2, 0.25) is 0 Å². The molecule has 0 aliphatic rings. The Balaban J connectivity index is 2.23. The molecule has 0 saturated heterocycles. The van der Waals surface area contributed by atoms with E-state index in [-0.39, 0.29) is 11.6 Å². The first kappa shape index (κ1) is 14.0. The molecule has 5 nitrogen and oxygen atoms in total. The van der Waals surface area contributed by atoms with Crippen LogP contribution in [0.25, 0.3) is 0 Å². The van der Waals surface area contributed by atoms with Crippen LogP contribution < -0.4 is 10.6 Å². The number of carbonyl (C=O) groups excluding carboxylic acids is 1. The summed E-state index contributed by atoms with van der Waals surface area (Å²) in [5, 5.41) is 14.6. The zero-order valence-corrected chi connectivity index (χ0v) is 12.2. The zero-order chi connectivity index (χ0) is 14.5. The number of aromatic nitrogens is 1. The van der Waals surface area contributed by atoms with E-state index in [0.29, 0.717) is 11.3 Å². The van der Waals surface area contributed by atoms with Crippen LogP contribution in [0.3, 0.4) is 0 Å². The summed E-state index contributed by atoms with van der Waals surface area (Å²) in [6.07, 6.45) is 1.57. The van der Waals surface area contributed by atoms with Gasteiger partial charge < -0.3 is 10.6 Å². The van der Waals surface area contributed by atoms with E-state index in [0.717, 1.165) is 10.2 Å². The summed E-state index contributed by atoms with van der Waals surface area (Å²) in [5.74, 6) is -0.359. The number of nitrogens with zero attached hydrogens (tertiary/aromatic N) is 2. The molecule has 0 fully saturated rings. The summed E-state index contributed by atoms with van der Waals surface area (Å²) < 4.78 is 0.783. The highest BCUT2D eigenvalue weighted by Crippen LogP contribution is 2.21. The van der Waals surface area contributed by atoms with Gasteiger partial charge in [0.1, 0.15) is 11.8 Å². The highest BCUT2D eigenvalue weighted by atomic mass is 79.9. The summed E-state index contributed by atoms with van der Waals surface area (Å²) >= 11 is 3.31. The van der Waals surface area contributed by atoms with Crippen molar-refractivity contribution in [2.24, 2.45) is 0 Å². The Kier molecular flexibility index (Phi) is 4.33. The second kappa shape index (κ2) is 6.17. The SMILES string of the molecule is CNc1ccc(C(=O)Nc2cc(Br)ccc2C#N)nc1. The monoisotopic (exact) mass is 330 g/mol. The number of amides is 1. The lowest BCUT2D eigenvalue weighted by Gasteiger charge is -2.07. The molecule has 6 heteroatoms. The topological polar surface area (TPSA) is 77.8 Å². The minimum absolute atomic E-state index is 0.285. The van der Waals surface area contributed by atoms with Crippen LogP contribution in [0.1, 0.15) is 16.1 Å². The molecule has 0 atom stereocenters. The van der Waals surface area contributed by atoms with Crippen molar-refractivity contribution in [2.45, 2.75) is 0 Å². The first-order valence-corrected chi connectivity index (χ1v) is 6.58. The van der Waals surface area contributed by atoms with Crippen LogP contribution >= 0.6 is 15.9 Å². The Bertz CT molecular complexity index is 677. The third kappa shape index (κ3) is 3.13. The van der Waals surface area contributed by atoms with E-state index in [1.165, 1.54) is 0 Å². The van der Waals surface area contributed by atoms with Gasteiger partial charge >= 0.3 is 0 Å². The van der Waals surface area contributed by atoms with Crippen LogP contribution in [-0.2, 0) is 0 Å². The van der Waals surface area contributed by atoms with Gasteiger partial charge in [0.2, 0.25) is 0 Å². The van der Waals surface area contributed by atoms with Crippen LogP contribution in [0.5, 0.6) is 0 Å². The van der Waals surface area contributed by atoms with Crippen molar-refractivity contribution in [3.63, 3.8) is 0 Å². The molecule has 20 heavy (non-hydrogen) atoms. The van der Waals surface area contributed by atoms with Crippen molar-refractivity contribution in [3.05, 3.63) is 52.3 Å². The van der Waals surface area contributed by atoms with E-state index in [1.807, 2.05) is 6.07 Å². The van der Waals surface area contributed by atoms with Gasteiger partial charge in [-0.15, -0.1) is 0 Å². The van der Waals surface area contributed by atoms with Gasteiger partial charge in [0.15, 0.2) is 0 Å². The standard InChI is InChI=1S/C14H11BrN4O/c1-17-11-4-5-12(18-8-11)14(20)19-13-6-10(15)3-2-9(13)7-16/h2-6,8,17H,1H3,(H,19,20). The number of nitriles is 1. The summed E-state index contributed by atoms with van der Waals surface area (Å²) in [6, 6.07) is 10.5. The highest BCUT2D eigenvalue weighted by molar-refractivity contribution is 9.10. The Morgan fingerprint density at radius 2 is 2.15 bits per heavy atom. The van der Waals surface area contributed by atoms with Crippen molar-refractivity contribution in [1.29, 1.82) is 5.26 Å². The van der Waals surface area contributed by atoms with Gasteiger partial charge in [-0.05, 0) is 30.3 Å². The molecule has 1 aromatic carbocycles. The van der Waals surface area contributed by atoms with E-state index in [4.69, 9.17) is 5.26 Å². The molecule has 2 rings (SSSR count). The minimum atomic E-state index is -0.359. The molecule has 1 aromatic heterocycles. The van der Waals surface area contributed by atoms with Crippen molar-refractivity contribution in [1.82, 2.24) is 4.98 Å². The average Bonchev–Trinajstić information content (AvgIpc) is 2.47. The first-order chi connectivity index (χ1) is 9.63. The van der Waals surface area contributed by atoms with Gasteiger partial charge in [-0.2, -0.15) is 5.26 Å². The third-order valence-corrected chi connectivity index (χ3v) is 3.13. The van der Waals surface area contributed by atoms with Crippen molar-refractivity contribution in [2.75, 3.05) is 17.7 Å². The van der Waals surface area contributed by atoms with E-state index in [2.05, 4.69) is 31.5 Å². The Morgan fingerprint density at radius 1 is 1.35 bits per heavy atom. The number of nitrogens with one attached hydrogen (secondary N) is 2. The lowest BCUT2D eigenvalue weighted by atomic mass is 10.2. The predicted octanol–water partition coefficient (Wildman–Crippen LogP) is 3.01. The van der Waals surface area contributed by atoms with E-state index in [1.54, 1.807) is 43.6 Å². The molecule has 0 aliphatic carbocycles. The lowest BCUT2D eigenvalue weighted by Crippen LogP contribution is -2.14. The molecule has 0 spiro atoms. The molecule has 0 aliphatic heterocycles. The molecule has 0 radical (unpaired) electrons. The molecular formula is C14H11BrN4O. The molecule has 1 heterocycles. The maximum absolute atomic E-state index is 12.1. The smallest absolute Gasteiger partial charge is 0.274 e. The summed E-state index contributed by atoms with van der Waals surface area (Å²) in [7, 11) is 1.78. The summed E-state index contributed by atoms with van der Waals surface area (Å²) in [4.78, 5) is 16.1. The maximum Gasteiger partial charge on any atom is 0.274 e. The summed E-state index contributed by atoms with van der Waals surface area (Å²) in [5.41, 5.74) is 1.95. The fourth-order valence-electron chi connectivity index (χ4n) is 1.58. The minimum Gasteiger partial charge on any atom is -0.387 e. The number of rotatable bonds is 3. The zero-order valence-electron chi connectivity index (χ0n) is 10.6. The second-order valence-corrected chi connectivity index (χ2v) is 4.85. The third-order valence-electron chi connectivity index (χ3n) is 2.64. The lowest BCUT2D eigenvalue weighted by molar-refractivity contribution is 0.102. The van der Waals surface area contributed by atoms with Crippen molar-refractivity contribution < 1.29 is 4.79 Å². The van der Waals surface area contributed by atoms with Gasteiger partial charge in [-0.3, -0.25) is 4.79 Å². The fourth-order valence-corrected chi connectivity index (χ4v) is 1.94. The first-order valence-electron chi connectivity index (χ1n) is 5.79. The molecule has 1 amide bonds. The van der Waals surface area contributed by atoms with E-state index in [9.17, 15) is 4.79 Å². The van der Waals surface area contributed by atoms with Gasteiger partial charge in [-0.1, -0.05) is 15.9 Å². The Labute approximate surface area is 124 Å². The van der Waals surface area contributed by atoms with Gasteiger partial charge in [-0.25, -0.2) is 4.98 Å². The second-order valence-electron chi connectivity index (χ2n) is 3.94. The van der Waals surface area contributed by atoms with Crippen LogP contribution in [-0.4, -0.2) is 17.9 Å². The molecule has 0 unspecified atom stereocenters. The van der Waals surface area contributed by atoms with Crippen LogP contribution in [0, 0.1) is 11.3 Å². The quantitative estimate of drug-likeness (QED) is 0.906. The molecular weight excluding hydrogens is 320 g/mol. The number of pyridine rings is 1. The largest absolute Gasteiger partial charge is 0.387 e. The summed E-state index contributed by atoms with van der Waals surface area (Å²) in [6.45, 7) is 0. The van der Waals surface area contributed by atoms with E-state index >= 15 is 0 Å². The Hall–Kier alpha value is -2.39. The van der Waals surface area contributed by atoms with Crippen LogP contribution in [0.4, 0.5) is 11.4 Å². The normalized spacial score (nSPS) is 9.65. The number of anilines is 2. The molecule has 0 saturated carbocycles. The predicted molar refractivity (Wildman–Crippen MR) is 80.6 cm³/mol. The van der Waals surface area contributed by atoms with Crippen molar-refractivity contribution in [3.8, 4) is 6.07 Å². The number of carbonyl (C=O) groups is 1. The van der Waals surface area contributed by atoms with Gasteiger partial charge in [0.25, 0.3) is 5.91 Å². The molecule has 0 bridgehead atoms. The number of benzene rings is 1. The number of hydrogen-bond donors (Lipinski definition) is 2. The van der Waals surface area contributed by atoms with Crippen molar-refractivity contribution >= 4 is 33.2 Å². The average molecular weight is 331 g/mol. The van der Waals surface area contributed by atoms with Gasteiger partial charge in [0.05, 0.1) is 23.1 Å². The highest BCUT2D eigenvalue weighted by Gasteiger charge is 2.10.